The van der Waals surface area contributed by atoms with E-state index in [1.54, 1.807) is 29.2 Å². The third-order valence-corrected chi connectivity index (χ3v) is 4.82. The average Bonchev–Trinajstić information content (AvgIpc) is 3.53. The molecule has 0 atom stereocenters. The fourth-order valence-electron chi connectivity index (χ4n) is 2.92. The molecule has 6 nitrogen and oxygen atoms in total. The molecule has 3 amide bonds. The van der Waals surface area contributed by atoms with Crippen LogP contribution in [-0.4, -0.2) is 29.2 Å². The van der Waals surface area contributed by atoms with Crippen LogP contribution in [0.3, 0.4) is 0 Å². The zero-order valence-corrected chi connectivity index (χ0v) is 16.2. The molecule has 28 heavy (non-hydrogen) atoms. The first-order valence-electron chi connectivity index (χ1n) is 9.53. The Morgan fingerprint density at radius 1 is 1.00 bits per heavy atom. The van der Waals surface area contributed by atoms with Crippen molar-refractivity contribution in [3.63, 3.8) is 0 Å². The van der Waals surface area contributed by atoms with Gasteiger partial charge in [0.25, 0.3) is 5.91 Å². The Labute approximate surface area is 164 Å². The zero-order valence-electron chi connectivity index (χ0n) is 16.2. The second-order valence-corrected chi connectivity index (χ2v) is 6.99. The number of hydrogen-bond donors (Lipinski definition) is 2. The highest BCUT2D eigenvalue weighted by Crippen LogP contribution is 2.30. The van der Waals surface area contributed by atoms with Crippen LogP contribution in [0.2, 0.25) is 0 Å². The largest absolute Gasteiger partial charge is 0.339 e. The monoisotopic (exact) mass is 379 g/mol. The smallest absolute Gasteiger partial charge is 0.255 e. The summed E-state index contributed by atoms with van der Waals surface area (Å²) >= 11 is 0. The number of carbonyl (C=O) groups excluding carboxylic acids is 3. The van der Waals surface area contributed by atoms with E-state index < -0.39 is 0 Å². The molecule has 0 aliphatic heterocycles. The number of carbonyl (C=O) groups is 3. The Kier molecular flexibility index (Phi) is 6.09. The van der Waals surface area contributed by atoms with Crippen molar-refractivity contribution in [3.8, 4) is 0 Å². The molecule has 0 unspecified atom stereocenters. The van der Waals surface area contributed by atoms with Gasteiger partial charge in [-0.05, 0) is 55.7 Å². The molecule has 1 saturated carbocycles. The van der Waals surface area contributed by atoms with Crippen LogP contribution in [-0.2, 0) is 16.1 Å². The van der Waals surface area contributed by atoms with Gasteiger partial charge in [-0.2, -0.15) is 0 Å². The van der Waals surface area contributed by atoms with Crippen LogP contribution in [0.15, 0.2) is 48.5 Å². The van der Waals surface area contributed by atoms with Gasteiger partial charge in [-0.3, -0.25) is 14.4 Å². The van der Waals surface area contributed by atoms with Crippen molar-refractivity contribution >= 4 is 29.1 Å². The van der Waals surface area contributed by atoms with E-state index in [0.717, 1.165) is 18.4 Å². The highest BCUT2D eigenvalue weighted by atomic mass is 16.2. The van der Waals surface area contributed by atoms with Gasteiger partial charge in [-0.15, -0.1) is 0 Å². The van der Waals surface area contributed by atoms with Crippen LogP contribution < -0.4 is 10.6 Å². The maximum absolute atomic E-state index is 12.6. The first-order valence-corrected chi connectivity index (χ1v) is 9.53. The van der Waals surface area contributed by atoms with Crippen molar-refractivity contribution in [2.45, 2.75) is 33.2 Å². The van der Waals surface area contributed by atoms with Gasteiger partial charge in [0.05, 0.1) is 0 Å². The van der Waals surface area contributed by atoms with Crippen molar-refractivity contribution in [2.24, 2.45) is 5.92 Å². The van der Waals surface area contributed by atoms with Crippen LogP contribution in [0.1, 0.15) is 42.6 Å². The summed E-state index contributed by atoms with van der Waals surface area (Å²) in [4.78, 5) is 37.9. The van der Waals surface area contributed by atoms with E-state index in [1.165, 1.54) is 6.92 Å². The van der Waals surface area contributed by atoms with Crippen molar-refractivity contribution in [2.75, 3.05) is 17.2 Å². The van der Waals surface area contributed by atoms with Crippen molar-refractivity contribution in [1.82, 2.24) is 4.90 Å². The number of amides is 3. The van der Waals surface area contributed by atoms with Gasteiger partial charge < -0.3 is 15.5 Å². The second-order valence-electron chi connectivity index (χ2n) is 6.99. The van der Waals surface area contributed by atoms with Gasteiger partial charge in [0, 0.05) is 42.9 Å². The highest BCUT2D eigenvalue weighted by Gasteiger charge is 2.29. The molecule has 2 aromatic carbocycles. The lowest BCUT2D eigenvalue weighted by molar-refractivity contribution is -0.129. The highest BCUT2D eigenvalue weighted by molar-refractivity contribution is 6.05. The lowest BCUT2D eigenvalue weighted by Crippen LogP contribution is -2.28. The predicted octanol–water partition coefficient (Wildman–Crippen LogP) is 3.66. The summed E-state index contributed by atoms with van der Waals surface area (Å²) in [5.41, 5.74) is 2.74. The molecule has 6 heteroatoms. The summed E-state index contributed by atoms with van der Waals surface area (Å²) in [5, 5.41) is 5.78. The van der Waals surface area contributed by atoms with Crippen LogP contribution in [0.25, 0.3) is 0 Å². The van der Waals surface area contributed by atoms with Crippen LogP contribution in [0.5, 0.6) is 0 Å². The van der Waals surface area contributed by atoms with Crippen LogP contribution >= 0.6 is 0 Å². The maximum atomic E-state index is 12.6. The van der Waals surface area contributed by atoms with Crippen molar-refractivity contribution in [1.29, 1.82) is 0 Å². The summed E-state index contributed by atoms with van der Waals surface area (Å²) < 4.78 is 0. The molecule has 0 saturated heterocycles. The van der Waals surface area contributed by atoms with E-state index in [4.69, 9.17) is 0 Å². The van der Waals surface area contributed by atoms with Crippen molar-refractivity contribution < 1.29 is 14.4 Å². The molecule has 1 aliphatic rings. The molecule has 0 heterocycles. The van der Waals surface area contributed by atoms with Crippen LogP contribution in [0.4, 0.5) is 11.4 Å². The van der Waals surface area contributed by atoms with E-state index in [9.17, 15) is 14.4 Å². The summed E-state index contributed by atoms with van der Waals surface area (Å²) in [5.74, 6) is -0.0694. The number of rotatable bonds is 7. The molecule has 1 aliphatic carbocycles. The Morgan fingerprint density at radius 3 is 2.29 bits per heavy atom. The Morgan fingerprint density at radius 2 is 1.68 bits per heavy atom. The third-order valence-electron chi connectivity index (χ3n) is 4.82. The second kappa shape index (κ2) is 8.69. The van der Waals surface area contributed by atoms with Gasteiger partial charge in [-0.1, -0.05) is 18.2 Å². The maximum Gasteiger partial charge on any atom is 0.255 e. The molecule has 1 fully saturated rings. The molecule has 146 valence electrons. The molecule has 2 N–H and O–H groups in total. The third kappa shape index (κ3) is 4.97. The molecule has 0 aromatic heterocycles. The van der Waals surface area contributed by atoms with E-state index in [2.05, 4.69) is 10.6 Å². The summed E-state index contributed by atoms with van der Waals surface area (Å²) in [7, 11) is 0. The van der Waals surface area contributed by atoms with E-state index in [0.29, 0.717) is 30.0 Å². The van der Waals surface area contributed by atoms with Gasteiger partial charge in [0.2, 0.25) is 11.8 Å². The number of hydrogen-bond acceptors (Lipinski definition) is 3. The minimum atomic E-state index is -0.238. The fourth-order valence-corrected chi connectivity index (χ4v) is 2.92. The number of para-hydroxylation sites is 1. The minimum absolute atomic E-state index is 0.00698. The molecule has 0 spiro atoms. The quantitative estimate of drug-likeness (QED) is 0.771. The van der Waals surface area contributed by atoms with Gasteiger partial charge in [-0.25, -0.2) is 0 Å². The standard InChI is InChI=1S/C22H25N3O3/c1-3-25(15(2)26)14-18-6-4-5-7-20(18)24-22(28)17-10-12-19(13-11-17)23-21(27)16-8-9-16/h4-7,10-13,16H,3,8-9,14H2,1-2H3,(H,23,27)(H,24,28). The Bertz CT molecular complexity index is 873. The van der Waals surface area contributed by atoms with Gasteiger partial charge in [0.1, 0.15) is 0 Å². The van der Waals surface area contributed by atoms with E-state index in [-0.39, 0.29) is 23.6 Å². The topological polar surface area (TPSA) is 78.5 Å². The average molecular weight is 379 g/mol. The molecular formula is C22H25N3O3. The van der Waals surface area contributed by atoms with Gasteiger partial charge in [0.15, 0.2) is 0 Å². The minimum Gasteiger partial charge on any atom is -0.339 e. The fraction of sp³-hybridized carbons (Fsp3) is 0.318. The molecule has 0 radical (unpaired) electrons. The first-order chi connectivity index (χ1) is 13.5. The SMILES string of the molecule is CCN(Cc1ccccc1NC(=O)c1ccc(NC(=O)C2CC2)cc1)C(C)=O. The number of benzene rings is 2. The molecule has 0 bridgehead atoms. The Hall–Kier alpha value is -3.15. The lowest BCUT2D eigenvalue weighted by atomic mass is 10.1. The summed E-state index contributed by atoms with van der Waals surface area (Å²) in [6.07, 6.45) is 1.90. The number of nitrogens with one attached hydrogen (secondary N) is 2. The van der Waals surface area contributed by atoms with E-state index >= 15 is 0 Å². The molecule has 2 aromatic rings. The van der Waals surface area contributed by atoms with Crippen LogP contribution in [0, 0.1) is 5.92 Å². The Balaban J connectivity index is 1.67. The zero-order chi connectivity index (χ0) is 20.1. The molecule has 3 rings (SSSR count). The normalized spacial score (nSPS) is 12.9. The van der Waals surface area contributed by atoms with Gasteiger partial charge >= 0.3 is 0 Å². The first kappa shape index (κ1) is 19.6. The number of nitrogens with zero attached hydrogens (tertiary/aromatic N) is 1. The summed E-state index contributed by atoms with van der Waals surface area (Å²) in [6.45, 7) is 4.50. The predicted molar refractivity (Wildman–Crippen MR) is 109 cm³/mol. The summed E-state index contributed by atoms with van der Waals surface area (Å²) in [6, 6.07) is 14.3. The number of anilines is 2. The van der Waals surface area contributed by atoms with Crippen molar-refractivity contribution in [3.05, 3.63) is 59.7 Å². The molecular weight excluding hydrogens is 354 g/mol. The lowest BCUT2D eigenvalue weighted by Gasteiger charge is -2.21. The van der Waals surface area contributed by atoms with E-state index in [1.807, 2.05) is 31.2 Å².